The summed E-state index contributed by atoms with van der Waals surface area (Å²) >= 11 is 1.41. The molecule has 0 spiro atoms. The quantitative estimate of drug-likeness (QED) is 0.662. The number of nitrogens with zero attached hydrogens (tertiary/aromatic N) is 3. The average Bonchev–Trinajstić information content (AvgIpc) is 3.53. The maximum Gasteiger partial charge on any atom is 0.243 e. The van der Waals surface area contributed by atoms with Crippen molar-refractivity contribution in [2.24, 2.45) is 0 Å². The Morgan fingerprint density at radius 1 is 1.12 bits per heavy atom. The Bertz CT molecular complexity index is 1120. The van der Waals surface area contributed by atoms with Gasteiger partial charge in [0.05, 0.1) is 10.6 Å². The van der Waals surface area contributed by atoms with E-state index in [0.29, 0.717) is 34.6 Å². The van der Waals surface area contributed by atoms with Crippen LogP contribution >= 0.6 is 11.3 Å². The predicted octanol–water partition coefficient (Wildman–Crippen LogP) is 2.89. The lowest BCUT2D eigenvalue weighted by Gasteiger charge is -2.34. The van der Waals surface area contributed by atoms with Crippen molar-refractivity contribution in [2.45, 2.75) is 50.3 Å². The van der Waals surface area contributed by atoms with Crippen LogP contribution < -0.4 is 5.32 Å². The average molecular weight is 477 g/mol. The number of aryl methyl sites for hydroxylation is 2. The zero-order valence-electron chi connectivity index (χ0n) is 18.3. The Hall–Kier alpha value is -2.30. The van der Waals surface area contributed by atoms with Gasteiger partial charge in [0.25, 0.3) is 0 Å². The van der Waals surface area contributed by atoms with Crippen molar-refractivity contribution in [1.82, 2.24) is 14.2 Å². The van der Waals surface area contributed by atoms with Crippen LogP contribution in [0, 0.1) is 13.8 Å². The number of rotatable bonds is 7. The van der Waals surface area contributed by atoms with E-state index in [9.17, 15) is 18.0 Å². The molecule has 2 fully saturated rings. The molecule has 1 N–H and O–H groups in total. The molecule has 1 aromatic carbocycles. The van der Waals surface area contributed by atoms with Crippen molar-refractivity contribution in [3.8, 4) is 0 Å². The van der Waals surface area contributed by atoms with E-state index in [4.69, 9.17) is 0 Å². The number of carbonyl (C=O) groups excluding carboxylic acids is 2. The van der Waals surface area contributed by atoms with Crippen LogP contribution in [0.4, 0.5) is 5.13 Å². The van der Waals surface area contributed by atoms with E-state index < -0.39 is 10.0 Å². The number of carbonyl (C=O) groups is 2. The topological polar surface area (TPSA) is 99.7 Å². The van der Waals surface area contributed by atoms with E-state index in [0.717, 1.165) is 24.1 Å². The third-order valence-electron chi connectivity index (χ3n) is 5.88. The minimum atomic E-state index is -3.60. The summed E-state index contributed by atoms with van der Waals surface area (Å²) in [7, 11) is -3.60. The van der Waals surface area contributed by atoms with Crippen LogP contribution in [-0.4, -0.2) is 60.6 Å². The smallest absolute Gasteiger partial charge is 0.243 e. The third kappa shape index (κ3) is 5.19. The number of hydrogen-bond donors (Lipinski definition) is 1. The van der Waals surface area contributed by atoms with E-state index in [1.807, 2.05) is 24.4 Å². The van der Waals surface area contributed by atoms with E-state index in [2.05, 4.69) is 10.3 Å². The molecular formula is C22H28N4O4S2. The maximum atomic E-state index is 13.0. The fraction of sp³-hybridized carbons (Fsp3) is 0.500. The Morgan fingerprint density at radius 2 is 1.84 bits per heavy atom. The molecule has 1 aliphatic heterocycles. The summed E-state index contributed by atoms with van der Waals surface area (Å²) < 4.78 is 27.5. The number of benzene rings is 1. The molecule has 1 aliphatic carbocycles. The third-order valence-corrected chi connectivity index (χ3v) is 8.70. The molecule has 32 heavy (non-hydrogen) atoms. The molecule has 172 valence electrons. The number of amides is 2. The van der Waals surface area contributed by atoms with Gasteiger partial charge in [-0.3, -0.25) is 9.59 Å². The van der Waals surface area contributed by atoms with Crippen LogP contribution in [0.3, 0.4) is 0 Å². The van der Waals surface area contributed by atoms with Gasteiger partial charge >= 0.3 is 0 Å². The standard InChI is InChI=1S/C22H28N4O4S2/c1-15-3-4-16(2)19(13-15)32(29,30)26-11-9-25(10-12-26)21(28)8-7-20(27)24-22-23-18(14-31-22)17-5-6-17/h3-4,13-14,17H,5-12H2,1-2H3,(H,23,24,27). The molecule has 2 aliphatic rings. The number of hydrogen-bond acceptors (Lipinski definition) is 6. The molecule has 1 aromatic heterocycles. The summed E-state index contributed by atoms with van der Waals surface area (Å²) in [5, 5.41) is 5.32. The van der Waals surface area contributed by atoms with Crippen LogP contribution in [0.15, 0.2) is 28.5 Å². The highest BCUT2D eigenvalue weighted by atomic mass is 32.2. The van der Waals surface area contributed by atoms with E-state index in [1.165, 1.54) is 15.6 Å². The maximum absolute atomic E-state index is 13.0. The van der Waals surface area contributed by atoms with E-state index in [-0.39, 0.29) is 37.7 Å². The second-order valence-corrected chi connectivity index (χ2v) is 11.2. The lowest BCUT2D eigenvalue weighted by Crippen LogP contribution is -2.50. The van der Waals surface area contributed by atoms with Crippen molar-refractivity contribution in [3.05, 3.63) is 40.4 Å². The predicted molar refractivity (Wildman–Crippen MR) is 123 cm³/mol. The van der Waals surface area contributed by atoms with Gasteiger partial charge < -0.3 is 10.2 Å². The minimum absolute atomic E-state index is 0.0815. The van der Waals surface area contributed by atoms with Crippen molar-refractivity contribution in [1.29, 1.82) is 0 Å². The fourth-order valence-corrected chi connectivity index (χ4v) is 6.31. The number of sulfonamides is 1. The van der Waals surface area contributed by atoms with Crippen molar-refractivity contribution < 1.29 is 18.0 Å². The summed E-state index contributed by atoms with van der Waals surface area (Å²) in [5.74, 6) is 0.170. The monoisotopic (exact) mass is 476 g/mol. The SMILES string of the molecule is Cc1ccc(C)c(S(=O)(=O)N2CCN(C(=O)CCC(=O)Nc3nc(C4CC4)cs3)CC2)c1. The summed E-state index contributed by atoms with van der Waals surface area (Å²) in [5.41, 5.74) is 2.64. The fourth-order valence-electron chi connectivity index (χ4n) is 3.77. The van der Waals surface area contributed by atoms with Gasteiger partial charge in [-0.25, -0.2) is 13.4 Å². The van der Waals surface area contributed by atoms with Gasteiger partial charge in [-0.1, -0.05) is 12.1 Å². The highest BCUT2D eigenvalue weighted by Gasteiger charge is 2.31. The van der Waals surface area contributed by atoms with Crippen LogP contribution in [0.5, 0.6) is 0 Å². The van der Waals surface area contributed by atoms with Gasteiger partial charge in [0, 0.05) is 50.3 Å². The van der Waals surface area contributed by atoms with Crippen molar-refractivity contribution in [3.63, 3.8) is 0 Å². The molecular weight excluding hydrogens is 448 g/mol. The lowest BCUT2D eigenvalue weighted by molar-refractivity contribution is -0.133. The largest absolute Gasteiger partial charge is 0.340 e. The van der Waals surface area contributed by atoms with Crippen LogP contribution in [-0.2, 0) is 19.6 Å². The molecule has 0 unspecified atom stereocenters. The van der Waals surface area contributed by atoms with Crippen LogP contribution in [0.25, 0.3) is 0 Å². The molecule has 0 radical (unpaired) electrons. The number of nitrogens with one attached hydrogen (secondary N) is 1. The Morgan fingerprint density at radius 3 is 2.53 bits per heavy atom. The number of thiazole rings is 1. The molecule has 2 amide bonds. The second-order valence-electron chi connectivity index (χ2n) is 8.45. The van der Waals surface area contributed by atoms with Crippen molar-refractivity contribution in [2.75, 3.05) is 31.5 Å². The molecule has 1 saturated carbocycles. The first-order chi connectivity index (χ1) is 15.2. The van der Waals surface area contributed by atoms with Gasteiger partial charge in [0.1, 0.15) is 0 Å². The Balaban J connectivity index is 1.25. The molecule has 2 heterocycles. The van der Waals surface area contributed by atoms with Crippen LogP contribution in [0.2, 0.25) is 0 Å². The zero-order valence-corrected chi connectivity index (χ0v) is 20.0. The van der Waals surface area contributed by atoms with Crippen LogP contribution in [0.1, 0.15) is 48.4 Å². The molecule has 0 atom stereocenters. The van der Waals surface area contributed by atoms with E-state index >= 15 is 0 Å². The number of anilines is 1. The minimum Gasteiger partial charge on any atom is -0.340 e. The number of piperazine rings is 1. The number of aromatic nitrogens is 1. The lowest BCUT2D eigenvalue weighted by atomic mass is 10.2. The first-order valence-electron chi connectivity index (χ1n) is 10.8. The highest BCUT2D eigenvalue weighted by molar-refractivity contribution is 7.89. The molecule has 10 heteroatoms. The molecule has 8 nitrogen and oxygen atoms in total. The highest BCUT2D eigenvalue weighted by Crippen LogP contribution is 2.40. The summed E-state index contributed by atoms with van der Waals surface area (Å²) in [6, 6.07) is 5.39. The van der Waals surface area contributed by atoms with Gasteiger partial charge in [-0.2, -0.15) is 4.31 Å². The first-order valence-corrected chi connectivity index (χ1v) is 13.2. The van der Waals surface area contributed by atoms with Crippen molar-refractivity contribution >= 4 is 38.3 Å². The van der Waals surface area contributed by atoms with E-state index in [1.54, 1.807) is 17.9 Å². The molecule has 2 aromatic rings. The van der Waals surface area contributed by atoms with Gasteiger partial charge in [0.15, 0.2) is 5.13 Å². The molecule has 0 bridgehead atoms. The zero-order chi connectivity index (χ0) is 22.9. The van der Waals surface area contributed by atoms with Gasteiger partial charge in [0.2, 0.25) is 21.8 Å². The molecule has 4 rings (SSSR count). The first kappa shape index (κ1) is 22.9. The summed E-state index contributed by atoms with van der Waals surface area (Å²) in [6.45, 7) is 4.79. The summed E-state index contributed by atoms with van der Waals surface area (Å²) in [6.07, 6.45) is 2.49. The summed E-state index contributed by atoms with van der Waals surface area (Å²) in [4.78, 5) is 31.1. The second kappa shape index (κ2) is 9.29. The Labute approximate surface area is 192 Å². The van der Waals surface area contributed by atoms with Gasteiger partial charge in [-0.15, -0.1) is 11.3 Å². The Kier molecular flexibility index (Phi) is 6.64. The molecule has 1 saturated heterocycles. The van der Waals surface area contributed by atoms with Gasteiger partial charge in [-0.05, 0) is 43.9 Å². The normalized spacial score (nSPS) is 17.4.